The quantitative estimate of drug-likeness (QED) is 0.284. The van der Waals surface area contributed by atoms with E-state index in [1.807, 2.05) is 40.7 Å². The fraction of sp³-hybridized carbons (Fsp3) is 0.385. The largest absolute Gasteiger partial charge is 0.507 e. The highest BCUT2D eigenvalue weighted by atomic mass is 35.5. The number of ether oxygens (including phenoxy) is 1. The number of benzene rings is 2. The van der Waals surface area contributed by atoms with Crippen LogP contribution in [-0.2, 0) is 15.0 Å². The Morgan fingerprint density at radius 2 is 1.76 bits per heavy atom. The molecule has 0 saturated carbocycles. The number of hydrogen-bond acceptors (Lipinski definition) is 4. The van der Waals surface area contributed by atoms with E-state index in [0.29, 0.717) is 46.5 Å². The highest BCUT2D eigenvalue weighted by molar-refractivity contribution is 6.46. The number of aliphatic hydroxyl groups excluding tert-OH is 1. The van der Waals surface area contributed by atoms with Crippen LogP contribution in [0.4, 0.5) is 0 Å². The van der Waals surface area contributed by atoms with E-state index in [0.717, 1.165) is 5.56 Å². The average Bonchev–Trinajstić information content (AvgIpc) is 3.00. The Balaban J connectivity index is 2.23. The van der Waals surface area contributed by atoms with Crippen LogP contribution in [0.2, 0.25) is 10.0 Å². The number of halogens is 2. The first kappa shape index (κ1) is 25.1. The van der Waals surface area contributed by atoms with Crippen LogP contribution in [0.1, 0.15) is 63.8 Å². The van der Waals surface area contributed by atoms with E-state index in [1.54, 1.807) is 30.3 Å². The minimum atomic E-state index is -0.760. The Kier molecular flexibility index (Phi) is 7.45. The molecule has 33 heavy (non-hydrogen) atoms. The van der Waals surface area contributed by atoms with E-state index in [1.165, 1.54) is 4.90 Å². The summed E-state index contributed by atoms with van der Waals surface area (Å²) in [6, 6.07) is 9.53. The van der Waals surface area contributed by atoms with Crippen molar-refractivity contribution in [3.63, 3.8) is 0 Å². The van der Waals surface area contributed by atoms with Gasteiger partial charge in [0.2, 0.25) is 0 Å². The Bertz CT molecular complexity index is 1120. The number of hydrogen-bond donors (Lipinski definition) is 1. The minimum Gasteiger partial charge on any atom is -0.507 e. The van der Waals surface area contributed by atoms with Crippen molar-refractivity contribution in [3.05, 3.63) is 68.7 Å². The van der Waals surface area contributed by atoms with Crippen molar-refractivity contribution in [2.24, 2.45) is 0 Å². The monoisotopic (exact) mass is 489 g/mol. The second-order valence-corrected chi connectivity index (χ2v) is 9.87. The SMILES string of the molecule is CCCN1C(=O)C(=O)/C(=C(\O)c2ccc(OCC)c(C(C)(C)C)c2)C1c1ccc(Cl)c(Cl)c1. The number of nitrogens with zero attached hydrogens (tertiary/aromatic N) is 1. The number of carbonyl (C=O) groups excluding carboxylic acids is 2. The van der Waals surface area contributed by atoms with E-state index < -0.39 is 17.7 Å². The molecule has 3 rings (SSSR count). The summed E-state index contributed by atoms with van der Waals surface area (Å²) in [5.41, 5.74) is 1.72. The van der Waals surface area contributed by atoms with E-state index in [9.17, 15) is 14.7 Å². The molecule has 0 bridgehead atoms. The zero-order chi connectivity index (χ0) is 24.5. The lowest BCUT2D eigenvalue weighted by Crippen LogP contribution is -2.30. The lowest BCUT2D eigenvalue weighted by atomic mass is 9.84. The van der Waals surface area contributed by atoms with Crippen molar-refractivity contribution in [3.8, 4) is 5.75 Å². The number of carbonyl (C=O) groups is 2. The summed E-state index contributed by atoms with van der Waals surface area (Å²) in [5.74, 6) is -0.870. The molecule has 7 heteroatoms. The van der Waals surface area contributed by atoms with Crippen LogP contribution in [0, 0.1) is 0 Å². The molecule has 0 spiro atoms. The molecule has 2 aromatic rings. The molecule has 0 aromatic heterocycles. The molecule has 1 unspecified atom stereocenters. The van der Waals surface area contributed by atoms with Gasteiger partial charge in [-0.05, 0) is 54.7 Å². The van der Waals surface area contributed by atoms with Crippen molar-refractivity contribution < 1.29 is 19.4 Å². The molecule has 1 amide bonds. The second-order valence-electron chi connectivity index (χ2n) is 9.06. The molecule has 1 N–H and O–H groups in total. The predicted octanol–water partition coefficient (Wildman–Crippen LogP) is 6.52. The fourth-order valence-corrected chi connectivity index (χ4v) is 4.39. The minimum absolute atomic E-state index is 0.0378. The van der Waals surface area contributed by atoms with Crippen LogP contribution < -0.4 is 4.74 Å². The zero-order valence-electron chi connectivity index (χ0n) is 19.5. The molecule has 1 fully saturated rings. The smallest absolute Gasteiger partial charge is 0.295 e. The third kappa shape index (κ3) is 4.90. The van der Waals surface area contributed by atoms with Gasteiger partial charge in [0.1, 0.15) is 11.5 Å². The molecule has 2 aromatic carbocycles. The highest BCUT2D eigenvalue weighted by Gasteiger charge is 2.45. The molecule has 0 radical (unpaired) electrons. The van der Waals surface area contributed by atoms with Gasteiger partial charge in [-0.3, -0.25) is 9.59 Å². The number of rotatable bonds is 6. The lowest BCUT2D eigenvalue weighted by Gasteiger charge is -2.26. The molecule has 1 saturated heterocycles. The molecule has 1 atom stereocenters. The topological polar surface area (TPSA) is 66.8 Å². The molecule has 1 heterocycles. The zero-order valence-corrected chi connectivity index (χ0v) is 21.0. The molecule has 0 aliphatic carbocycles. The summed E-state index contributed by atoms with van der Waals surface area (Å²) < 4.78 is 5.77. The summed E-state index contributed by atoms with van der Waals surface area (Å²) in [5, 5.41) is 12.0. The van der Waals surface area contributed by atoms with Crippen LogP contribution in [0.25, 0.3) is 5.76 Å². The summed E-state index contributed by atoms with van der Waals surface area (Å²) in [6.07, 6.45) is 0.655. The number of aliphatic hydroxyl groups is 1. The van der Waals surface area contributed by atoms with E-state index in [4.69, 9.17) is 27.9 Å². The maximum absolute atomic E-state index is 13.1. The molecule has 1 aliphatic heterocycles. The van der Waals surface area contributed by atoms with Crippen molar-refractivity contribution in [1.82, 2.24) is 4.90 Å². The Morgan fingerprint density at radius 1 is 1.06 bits per heavy atom. The number of ketones is 1. The van der Waals surface area contributed by atoms with Crippen molar-refractivity contribution in [2.75, 3.05) is 13.2 Å². The predicted molar refractivity (Wildman–Crippen MR) is 132 cm³/mol. The van der Waals surface area contributed by atoms with Gasteiger partial charge in [-0.1, -0.05) is 57.0 Å². The number of Topliss-reactive ketones (excluding diaryl/α,β-unsaturated/α-hetero) is 1. The van der Waals surface area contributed by atoms with Gasteiger partial charge >= 0.3 is 0 Å². The van der Waals surface area contributed by atoms with Crippen LogP contribution in [-0.4, -0.2) is 34.8 Å². The van der Waals surface area contributed by atoms with Crippen LogP contribution in [0.5, 0.6) is 5.75 Å². The molecule has 5 nitrogen and oxygen atoms in total. The van der Waals surface area contributed by atoms with Gasteiger partial charge in [-0.2, -0.15) is 0 Å². The fourth-order valence-electron chi connectivity index (χ4n) is 4.08. The van der Waals surface area contributed by atoms with Gasteiger partial charge in [0.25, 0.3) is 11.7 Å². The summed E-state index contributed by atoms with van der Waals surface area (Å²) >= 11 is 12.3. The van der Waals surface area contributed by atoms with Crippen LogP contribution in [0.15, 0.2) is 42.0 Å². The van der Waals surface area contributed by atoms with Gasteiger partial charge < -0.3 is 14.7 Å². The Morgan fingerprint density at radius 3 is 2.33 bits per heavy atom. The van der Waals surface area contributed by atoms with Gasteiger partial charge in [0.05, 0.1) is 28.3 Å². The maximum Gasteiger partial charge on any atom is 0.295 e. The molecule has 1 aliphatic rings. The third-order valence-corrected chi connectivity index (χ3v) is 6.36. The van der Waals surface area contributed by atoms with E-state index in [-0.39, 0.29) is 16.7 Å². The van der Waals surface area contributed by atoms with E-state index in [2.05, 4.69) is 0 Å². The van der Waals surface area contributed by atoms with Gasteiger partial charge in [0.15, 0.2) is 0 Å². The van der Waals surface area contributed by atoms with E-state index >= 15 is 0 Å². The molecule has 176 valence electrons. The first-order valence-corrected chi connectivity index (χ1v) is 11.8. The Hall–Kier alpha value is -2.50. The number of likely N-dealkylation sites (tertiary alicyclic amines) is 1. The first-order chi connectivity index (χ1) is 15.5. The van der Waals surface area contributed by atoms with Gasteiger partial charge in [0, 0.05) is 17.7 Å². The average molecular weight is 490 g/mol. The summed E-state index contributed by atoms with van der Waals surface area (Å²) in [4.78, 5) is 27.5. The second kappa shape index (κ2) is 9.78. The molecular formula is C26H29Cl2NO4. The highest BCUT2D eigenvalue weighted by Crippen LogP contribution is 2.42. The maximum atomic E-state index is 13.1. The number of amides is 1. The van der Waals surface area contributed by atoms with Gasteiger partial charge in [-0.25, -0.2) is 0 Å². The standard InChI is InChI=1S/C26H29Cl2NO4/c1-6-12-29-22(15-8-10-18(27)19(28)14-15)21(24(31)25(29)32)23(30)16-9-11-20(33-7-2)17(13-16)26(3,4)5/h8-11,13-14,22,30H,6-7,12H2,1-5H3/b23-21-. The Labute approximate surface area is 204 Å². The summed E-state index contributed by atoms with van der Waals surface area (Å²) in [7, 11) is 0. The third-order valence-electron chi connectivity index (χ3n) is 5.62. The molecular weight excluding hydrogens is 461 g/mol. The first-order valence-electron chi connectivity index (χ1n) is 11.0. The van der Waals surface area contributed by atoms with Crippen LogP contribution >= 0.6 is 23.2 Å². The summed E-state index contributed by atoms with van der Waals surface area (Å²) in [6.45, 7) is 10.8. The van der Waals surface area contributed by atoms with Crippen molar-refractivity contribution >= 4 is 40.7 Å². The van der Waals surface area contributed by atoms with Gasteiger partial charge in [-0.15, -0.1) is 0 Å². The van der Waals surface area contributed by atoms with Crippen LogP contribution in [0.3, 0.4) is 0 Å². The van der Waals surface area contributed by atoms with Crippen molar-refractivity contribution in [2.45, 2.75) is 52.5 Å². The lowest BCUT2D eigenvalue weighted by molar-refractivity contribution is -0.139. The normalized spacial score (nSPS) is 18.2. The van der Waals surface area contributed by atoms with Crippen molar-refractivity contribution in [1.29, 1.82) is 0 Å².